The Morgan fingerprint density at radius 2 is 1.45 bits per heavy atom. The number of nitrogens with zero attached hydrogens (tertiary/aromatic N) is 4. The van der Waals surface area contributed by atoms with Crippen molar-refractivity contribution in [1.29, 1.82) is 0 Å². The zero-order valence-electron chi connectivity index (χ0n) is 24.1. The molecule has 3 amide bonds. The molecule has 218 valence electrons. The lowest BCUT2D eigenvalue weighted by atomic mass is 9.93. The van der Waals surface area contributed by atoms with E-state index in [0.29, 0.717) is 68.2 Å². The molecule has 3 aliphatic heterocycles. The minimum Gasteiger partial charge on any atom is -0.497 e. The molecule has 0 bridgehead atoms. The largest absolute Gasteiger partial charge is 0.497 e. The van der Waals surface area contributed by atoms with Crippen LogP contribution in [0.5, 0.6) is 11.5 Å². The smallest absolute Gasteiger partial charge is 0.268 e. The lowest BCUT2D eigenvalue weighted by Crippen LogP contribution is -2.51. The summed E-state index contributed by atoms with van der Waals surface area (Å²) in [5.74, 6) is 1.05. The summed E-state index contributed by atoms with van der Waals surface area (Å²) in [6, 6.07) is 20.4. The number of carbonyl (C=O) groups excluding carboxylic acids is 3. The first kappa shape index (κ1) is 27.6. The van der Waals surface area contributed by atoms with Gasteiger partial charge in [-0.3, -0.25) is 14.4 Å². The average Bonchev–Trinajstić information content (AvgIpc) is 3.30. The zero-order chi connectivity index (χ0) is 29.2. The standard InChI is InChI=1S/C33H36N4O5/c1-3-42-29-10-5-4-8-27(29)35-19-21-36(22-20-35)31(38)23-15-17-34(18-16-23)28-9-6-7-26-30(28)33(40)37(32(26)39)24-11-13-25(41-2)14-12-24/h4-14,23H,3,15-22H2,1-2H3. The van der Waals surface area contributed by atoms with Gasteiger partial charge in [0.15, 0.2) is 0 Å². The number of rotatable bonds is 7. The van der Waals surface area contributed by atoms with Gasteiger partial charge in [0.2, 0.25) is 5.91 Å². The number of anilines is 3. The highest BCUT2D eigenvalue weighted by Crippen LogP contribution is 2.37. The first-order chi connectivity index (χ1) is 20.5. The van der Waals surface area contributed by atoms with Crippen LogP contribution in [-0.4, -0.2) is 75.6 Å². The first-order valence-electron chi connectivity index (χ1n) is 14.7. The molecule has 0 spiro atoms. The Bertz CT molecular complexity index is 1470. The number of benzene rings is 3. The molecule has 3 aromatic carbocycles. The number of amides is 3. The van der Waals surface area contributed by atoms with E-state index in [1.807, 2.05) is 42.2 Å². The summed E-state index contributed by atoms with van der Waals surface area (Å²) in [5, 5.41) is 0. The second-order valence-electron chi connectivity index (χ2n) is 10.8. The minimum absolute atomic E-state index is 0.0478. The van der Waals surface area contributed by atoms with Gasteiger partial charge in [-0.05, 0) is 68.3 Å². The molecule has 0 atom stereocenters. The SMILES string of the molecule is CCOc1ccccc1N1CCN(C(=O)C2CCN(c3cccc4c3C(=O)N(c3ccc(OC)cc3)C4=O)CC2)CC1. The van der Waals surface area contributed by atoms with E-state index in [1.54, 1.807) is 37.4 Å². The third-order valence-electron chi connectivity index (χ3n) is 8.51. The summed E-state index contributed by atoms with van der Waals surface area (Å²) in [5.41, 5.74) is 3.20. The summed E-state index contributed by atoms with van der Waals surface area (Å²) in [7, 11) is 1.57. The molecule has 3 heterocycles. The summed E-state index contributed by atoms with van der Waals surface area (Å²) in [4.78, 5) is 48.0. The molecule has 0 N–H and O–H groups in total. The normalized spacial score (nSPS) is 17.5. The van der Waals surface area contributed by atoms with E-state index in [-0.39, 0.29) is 23.6 Å². The molecule has 42 heavy (non-hydrogen) atoms. The van der Waals surface area contributed by atoms with E-state index in [4.69, 9.17) is 9.47 Å². The number of methoxy groups -OCH3 is 1. The Morgan fingerprint density at radius 1 is 0.786 bits per heavy atom. The fourth-order valence-electron chi connectivity index (χ4n) is 6.29. The van der Waals surface area contributed by atoms with Crippen LogP contribution in [0.25, 0.3) is 0 Å². The molecule has 0 radical (unpaired) electrons. The fourth-order valence-corrected chi connectivity index (χ4v) is 6.29. The highest BCUT2D eigenvalue weighted by atomic mass is 16.5. The van der Waals surface area contributed by atoms with Crippen LogP contribution in [0.2, 0.25) is 0 Å². The number of ether oxygens (including phenoxy) is 2. The Balaban J connectivity index is 1.09. The van der Waals surface area contributed by atoms with Crippen LogP contribution in [0.1, 0.15) is 40.5 Å². The minimum atomic E-state index is -0.324. The second kappa shape index (κ2) is 11.8. The maximum absolute atomic E-state index is 13.6. The lowest BCUT2D eigenvalue weighted by molar-refractivity contribution is -0.136. The molecule has 9 heteroatoms. The van der Waals surface area contributed by atoms with Crippen LogP contribution in [-0.2, 0) is 4.79 Å². The molecule has 3 aromatic rings. The quantitative estimate of drug-likeness (QED) is 0.389. The van der Waals surface area contributed by atoms with Crippen LogP contribution in [0.4, 0.5) is 17.1 Å². The lowest BCUT2D eigenvalue weighted by Gasteiger charge is -2.40. The van der Waals surface area contributed by atoms with Crippen molar-refractivity contribution >= 4 is 34.8 Å². The van der Waals surface area contributed by atoms with E-state index in [9.17, 15) is 14.4 Å². The Hall–Kier alpha value is -4.53. The number of hydrogen-bond acceptors (Lipinski definition) is 7. The summed E-state index contributed by atoms with van der Waals surface area (Å²) < 4.78 is 11.0. The number of imide groups is 1. The van der Waals surface area contributed by atoms with Crippen molar-refractivity contribution < 1.29 is 23.9 Å². The van der Waals surface area contributed by atoms with Crippen molar-refractivity contribution in [3.63, 3.8) is 0 Å². The number of piperidine rings is 1. The molecule has 6 rings (SSSR count). The van der Waals surface area contributed by atoms with Crippen LogP contribution in [0, 0.1) is 5.92 Å². The molecule has 2 fully saturated rings. The van der Waals surface area contributed by atoms with Gasteiger partial charge in [-0.25, -0.2) is 4.90 Å². The van der Waals surface area contributed by atoms with E-state index in [1.165, 1.54) is 4.90 Å². The first-order valence-corrected chi connectivity index (χ1v) is 14.7. The number of piperazine rings is 1. The molecule has 2 saturated heterocycles. The van der Waals surface area contributed by atoms with Crippen molar-refractivity contribution in [2.75, 3.05) is 67.7 Å². The van der Waals surface area contributed by atoms with Crippen LogP contribution >= 0.6 is 0 Å². The molecular formula is C33H36N4O5. The molecule has 0 saturated carbocycles. The third-order valence-corrected chi connectivity index (χ3v) is 8.51. The molecule has 0 unspecified atom stereocenters. The van der Waals surface area contributed by atoms with E-state index >= 15 is 0 Å². The van der Waals surface area contributed by atoms with Gasteiger partial charge in [-0.15, -0.1) is 0 Å². The Labute approximate surface area is 246 Å². The van der Waals surface area contributed by atoms with Crippen LogP contribution < -0.4 is 24.2 Å². The number of hydrogen-bond donors (Lipinski definition) is 0. The van der Waals surface area contributed by atoms with Gasteiger partial charge >= 0.3 is 0 Å². The van der Waals surface area contributed by atoms with Crippen molar-refractivity contribution in [1.82, 2.24) is 4.90 Å². The van der Waals surface area contributed by atoms with Crippen molar-refractivity contribution in [2.45, 2.75) is 19.8 Å². The summed E-state index contributed by atoms with van der Waals surface area (Å²) >= 11 is 0. The predicted molar refractivity (Wildman–Crippen MR) is 162 cm³/mol. The number of carbonyl (C=O) groups is 3. The van der Waals surface area contributed by atoms with Gasteiger partial charge in [-0.2, -0.15) is 0 Å². The monoisotopic (exact) mass is 568 g/mol. The topological polar surface area (TPSA) is 82.6 Å². The third kappa shape index (κ3) is 5.04. The predicted octanol–water partition coefficient (Wildman–Crippen LogP) is 4.46. The Morgan fingerprint density at radius 3 is 2.14 bits per heavy atom. The molecule has 0 aliphatic carbocycles. The number of fused-ring (bicyclic) bond motifs is 1. The van der Waals surface area contributed by atoms with Crippen molar-refractivity contribution in [2.24, 2.45) is 5.92 Å². The second-order valence-corrected chi connectivity index (χ2v) is 10.8. The van der Waals surface area contributed by atoms with Gasteiger partial charge < -0.3 is 24.2 Å². The zero-order valence-corrected chi connectivity index (χ0v) is 24.1. The van der Waals surface area contributed by atoms with Crippen LogP contribution in [0.15, 0.2) is 66.7 Å². The van der Waals surface area contributed by atoms with Crippen molar-refractivity contribution in [3.05, 3.63) is 77.9 Å². The molecular weight excluding hydrogens is 532 g/mol. The maximum Gasteiger partial charge on any atom is 0.268 e. The van der Waals surface area contributed by atoms with Gasteiger partial charge in [0, 0.05) is 45.2 Å². The summed E-state index contributed by atoms with van der Waals surface area (Å²) in [6.45, 7) is 6.81. The van der Waals surface area contributed by atoms with Gasteiger partial charge in [0.25, 0.3) is 11.8 Å². The van der Waals surface area contributed by atoms with Crippen LogP contribution in [0.3, 0.4) is 0 Å². The average molecular weight is 569 g/mol. The van der Waals surface area contributed by atoms with Gasteiger partial charge in [0.1, 0.15) is 11.5 Å². The van der Waals surface area contributed by atoms with E-state index < -0.39 is 0 Å². The van der Waals surface area contributed by atoms with E-state index in [0.717, 1.165) is 30.2 Å². The van der Waals surface area contributed by atoms with E-state index in [2.05, 4.69) is 15.9 Å². The highest BCUT2D eigenvalue weighted by molar-refractivity contribution is 6.36. The van der Waals surface area contributed by atoms with Gasteiger partial charge in [-0.1, -0.05) is 18.2 Å². The molecule has 0 aromatic heterocycles. The van der Waals surface area contributed by atoms with Gasteiger partial charge in [0.05, 0.1) is 41.9 Å². The highest BCUT2D eigenvalue weighted by Gasteiger charge is 2.40. The van der Waals surface area contributed by atoms with Crippen molar-refractivity contribution in [3.8, 4) is 11.5 Å². The number of para-hydroxylation sites is 2. The fraction of sp³-hybridized carbons (Fsp3) is 0.364. The maximum atomic E-state index is 13.6. The molecule has 9 nitrogen and oxygen atoms in total. The Kier molecular flexibility index (Phi) is 7.73. The molecule has 3 aliphatic rings. The summed E-state index contributed by atoms with van der Waals surface area (Å²) in [6.07, 6.45) is 1.42.